The topological polar surface area (TPSA) is 37.8 Å². The molecule has 0 spiro atoms. The predicted octanol–water partition coefficient (Wildman–Crippen LogP) is 1.72. The van der Waals surface area contributed by atoms with Gasteiger partial charge >= 0.3 is 29.2 Å². The predicted molar refractivity (Wildman–Crippen MR) is 89.9 cm³/mol. The molecule has 2 aromatic rings. The van der Waals surface area contributed by atoms with Crippen LogP contribution >= 0.6 is 15.9 Å². The Kier molecular flexibility index (Phi) is 13.6. The molecule has 2 aromatic heterocycles. The molecule has 0 fully saturated rings. The summed E-state index contributed by atoms with van der Waals surface area (Å²) in [5.41, 5.74) is -0.240. The Balaban J connectivity index is 0. The van der Waals surface area contributed by atoms with E-state index in [0.29, 0.717) is 17.9 Å². The zero-order valence-corrected chi connectivity index (χ0v) is 17.0. The van der Waals surface area contributed by atoms with Gasteiger partial charge in [0.25, 0.3) is 0 Å². The zero-order chi connectivity index (χ0) is 16.6. The third kappa shape index (κ3) is 9.66. The smallest absolute Gasteiger partial charge is 1.00 e. The Bertz CT molecular complexity index is 566. The monoisotopic (exact) mass is 433 g/mol. The number of anilines is 1. The fourth-order valence-electron chi connectivity index (χ4n) is 1.37. The van der Waals surface area contributed by atoms with Crippen LogP contribution in [0.2, 0.25) is 0 Å². The minimum Gasteiger partial charge on any atom is -1.00 e. The second-order valence-corrected chi connectivity index (χ2v) is 5.26. The third-order valence-electron chi connectivity index (χ3n) is 2.32. The van der Waals surface area contributed by atoms with Crippen molar-refractivity contribution in [3.63, 3.8) is 0 Å². The van der Waals surface area contributed by atoms with Gasteiger partial charge in [-0.3, -0.25) is 4.98 Å². The molecule has 0 saturated carbocycles. The number of alkyl halides is 3. The molecule has 128 valence electrons. The number of hydrogen-bond donors (Lipinski definition) is 1. The van der Waals surface area contributed by atoms with E-state index in [2.05, 4.69) is 31.2 Å². The van der Waals surface area contributed by atoms with E-state index in [0.717, 1.165) is 10.5 Å². The van der Waals surface area contributed by atoms with Crippen LogP contribution in [-0.2, 0) is 12.7 Å². The molecule has 2 rings (SSSR count). The zero-order valence-electron chi connectivity index (χ0n) is 13.2. The van der Waals surface area contributed by atoms with Gasteiger partial charge in [0.2, 0.25) is 0 Å². The molecule has 9 heteroatoms. The molecule has 0 aliphatic rings. The molecule has 0 aliphatic carbocycles. The van der Waals surface area contributed by atoms with E-state index >= 15 is 0 Å². The van der Waals surface area contributed by atoms with Gasteiger partial charge in [0.15, 0.2) is 0 Å². The number of rotatable bonds is 3. The van der Waals surface area contributed by atoms with Crippen LogP contribution in [0.25, 0.3) is 0 Å². The van der Waals surface area contributed by atoms with Crippen LogP contribution < -0.4 is 17.7 Å². The van der Waals surface area contributed by atoms with Crippen molar-refractivity contribution in [2.45, 2.75) is 26.6 Å². The fourth-order valence-corrected chi connectivity index (χ4v) is 1.60. The maximum Gasteiger partial charge on any atom is 2.00 e. The summed E-state index contributed by atoms with van der Waals surface area (Å²) < 4.78 is 37.8. The van der Waals surface area contributed by atoms with Gasteiger partial charge in [-0.25, -0.2) is 4.98 Å². The Labute approximate surface area is 170 Å². The van der Waals surface area contributed by atoms with Crippen molar-refractivity contribution in [3.05, 3.63) is 58.8 Å². The number of nitrogens with zero attached hydrogens (tertiary/aromatic N) is 2. The van der Waals surface area contributed by atoms with Crippen LogP contribution in [0.5, 0.6) is 0 Å². The summed E-state index contributed by atoms with van der Waals surface area (Å²) in [6, 6.07) is 5.94. The van der Waals surface area contributed by atoms with E-state index in [1.807, 2.05) is 26.3 Å². The maximum atomic E-state index is 12.3. The van der Waals surface area contributed by atoms with Gasteiger partial charge in [-0.15, -0.1) is 0 Å². The summed E-state index contributed by atoms with van der Waals surface area (Å²) in [5, 5.41) is 2.99. The average Bonchev–Trinajstić information content (AvgIpc) is 2.47. The Morgan fingerprint density at radius 3 is 2.12 bits per heavy atom. The van der Waals surface area contributed by atoms with E-state index in [1.165, 1.54) is 12.3 Å². The molecule has 3 nitrogen and oxygen atoms in total. The van der Waals surface area contributed by atoms with Crippen molar-refractivity contribution in [3.8, 4) is 0 Å². The molecular weight excluding hydrogens is 419 g/mol. The van der Waals surface area contributed by atoms with Gasteiger partial charge in [0, 0.05) is 23.4 Å². The second-order valence-electron chi connectivity index (χ2n) is 4.34. The third-order valence-corrected chi connectivity index (χ3v) is 2.79. The normalized spacial score (nSPS) is 9.75. The van der Waals surface area contributed by atoms with E-state index in [-0.39, 0.29) is 35.5 Å². The van der Waals surface area contributed by atoms with Gasteiger partial charge in [0.05, 0.1) is 0 Å². The van der Waals surface area contributed by atoms with Gasteiger partial charge in [0.1, 0.15) is 11.5 Å². The molecule has 0 atom stereocenters. The number of nitrogens with one attached hydrogen (secondary N) is 1. The largest absolute Gasteiger partial charge is 2.00 e. The van der Waals surface area contributed by atoms with Crippen molar-refractivity contribution in [1.82, 2.24) is 9.97 Å². The number of pyridine rings is 2. The van der Waals surface area contributed by atoms with Crippen LogP contribution in [0.3, 0.4) is 0 Å². The summed E-state index contributed by atoms with van der Waals surface area (Å²) in [7, 11) is 0. The SMILES string of the molecule is C[CH-]C.FC(F)(F)c1ccc(CNc2ccc(Br)cn2)cn1.[Cl-].[Mg+2]. The summed E-state index contributed by atoms with van der Waals surface area (Å²) in [4.78, 5) is 7.48. The minimum atomic E-state index is -4.40. The average molecular weight is 435 g/mol. The van der Waals surface area contributed by atoms with E-state index in [9.17, 15) is 13.2 Å². The van der Waals surface area contributed by atoms with Gasteiger partial charge in [-0.2, -0.15) is 27.0 Å². The van der Waals surface area contributed by atoms with Crippen LogP contribution in [0.15, 0.2) is 41.1 Å². The standard InChI is InChI=1S/C12H9BrF3N3.C3H7.ClH.Mg/c13-9-2-4-11(19-7-9)18-6-8-1-3-10(17-5-8)12(14,15)16;1-3-2;;/h1-5,7H,6H2,(H,18,19);3H,1-2H3;1H;/q;-1;;+2/p-1. The first-order valence-electron chi connectivity index (χ1n) is 6.48. The maximum absolute atomic E-state index is 12.3. The van der Waals surface area contributed by atoms with Crippen molar-refractivity contribution in [2.75, 3.05) is 5.32 Å². The first-order chi connectivity index (χ1) is 10.4. The Morgan fingerprint density at radius 1 is 1.08 bits per heavy atom. The quantitative estimate of drug-likeness (QED) is 0.590. The van der Waals surface area contributed by atoms with Crippen molar-refractivity contribution in [2.24, 2.45) is 0 Å². The molecule has 0 radical (unpaired) electrons. The molecule has 2 heterocycles. The van der Waals surface area contributed by atoms with Gasteiger partial charge < -0.3 is 24.1 Å². The Morgan fingerprint density at radius 2 is 1.71 bits per heavy atom. The molecule has 0 aromatic carbocycles. The molecule has 24 heavy (non-hydrogen) atoms. The van der Waals surface area contributed by atoms with E-state index < -0.39 is 11.9 Å². The van der Waals surface area contributed by atoms with Crippen molar-refractivity contribution < 1.29 is 25.6 Å². The summed E-state index contributed by atoms with van der Waals surface area (Å²) in [5.74, 6) is 0.642. The molecule has 0 saturated heterocycles. The molecule has 1 N–H and O–H groups in total. The van der Waals surface area contributed by atoms with Crippen LogP contribution in [-0.4, -0.2) is 33.0 Å². The second kappa shape index (κ2) is 12.7. The van der Waals surface area contributed by atoms with Crippen LogP contribution in [0.1, 0.15) is 25.1 Å². The van der Waals surface area contributed by atoms with E-state index in [1.54, 1.807) is 12.3 Å². The fraction of sp³-hybridized carbons (Fsp3) is 0.267. The van der Waals surface area contributed by atoms with E-state index in [4.69, 9.17) is 0 Å². The first-order valence-corrected chi connectivity index (χ1v) is 7.27. The van der Waals surface area contributed by atoms with Crippen molar-refractivity contribution >= 4 is 44.8 Å². The van der Waals surface area contributed by atoms with Gasteiger partial charge in [-0.05, 0) is 39.7 Å². The summed E-state index contributed by atoms with van der Waals surface area (Å²) in [6.07, 6.45) is 0.432. The van der Waals surface area contributed by atoms with Gasteiger partial charge in [-0.1, -0.05) is 6.07 Å². The van der Waals surface area contributed by atoms with Crippen molar-refractivity contribution in [1.29, 1.82) is 0 Å². The molecule has 0 amide bonds. The number of halogens is 5. The number of aromatic nitrogens is 2. The summed E-state index contributed by atoms with van der Waals surface area (Å²) in [6.45, 7) is 4.36. The summed E-state index contributed by atoms with van der Waals surface area (Å²) >= 11 is 3.26. The molecular formula is C15H16BrClF3MgN3. The Hall–Kier alpha value is -0.574. The minimum absolute atomic E-state index is 0. The molecule has 0 aliphatic heterocycles. The number of hydrogen-bond acceptors (Lipinski definition) is 3. The molecule has 0 bridgehead atoms. The van der Waals surface area contributed by atoms with Crippen LogP contribution in [0, 0.1) is 6.42 Å². The first kappa shape index (κ1) is 25.7. The van der Waals surface area contributed by atoms with Crippen LogP contribution in [0.4, 0.5) is 19.0 Å². The molecule has 0 unspecified atom stereocenters.